The van der Waals surface area contributed by atoms with Crippen LogP contribution in [0.15, 0.2) is 54.6 Å². The van der Waals surface area contributed by atoms with Gasteiger partial charge < -0.3 is 25.2 Å². The summed E-state index contributed by atoms with van der Waals surface area (Å²) in [6.07, 6.45) is -3.81. The van der Waals surface area contributed by atoms with Crippen molar-refractivity contribution in [3.8, 4) is 16.9 Å². The number of rotatable bonds is 4. The van der Waals surface area contributed by atoms with E-state index in [0.717, 1.165) is 22.9 Å². The number of ether oxygens (including phenoxy) is 1. The quantitative estimate of drug-likeness (QED) is 0.665. The minimum Gasteiger partial charge on any atom is -0.476 e. The molecule has 1 saturated heterocycles. The first-order valence-electron chi connectivity index (χ1n) is 7.73. The summed E-state index contributed by atoms with van der Waals surface area (Å²) in [5.74, 6) is 0.570. The lowest BCUT2D eigenvalue weighted by molar-refractivity contribution is -0.0908. The normalized spacial score (nSPS) is 30.1. The van der Waals surface area contributed by atoms with Gasteiger partial charge >= 0.3 is 0 Å². The molecule has 0 saturated carbocycles. The first-order valence-corrected chi connectivity index (χ1v) is 8.67. The first kappa shape index (κ1) is 17.3. The summed E-state index contributed by atoms with van der Waals surface area (Å²) in [7, 11) is 0. The highest BCUT2D eigenvalue weighted by molar-refractivity contribution is 8.00. The van der Waals surface area contributed by atoms with Gasteiger partial charge in [0, 0.05) is 5.56 Å². The van der Waals surface area contributed by atoms with Crippen LogP contribution in [-0.4, -0.2) is 56.0 Å². The number of para-hydroxylation sites is 1. The second-order valence-electron chi connectivity index (χ2n) is 5.68. The highest BCUT2D eigenvalue weighted by atomic mass is 32.2. The molecule has 1 aliphatic rings. The molecule has 0 amide bonds. The second kappa shape index (κ2) is 7.55. The van der Waals surface area contributed by atoms with Crippen LogP contribution in [0.4, 0.5) is 0 Å². The van der Waals surface area contributed by atoms with E-state index in [9.17, 15) is 20.4 Å². The van der Waals surface area contributed by atoms with E-state index in [2.05, 4.69) is 0 Å². The summed E-state index contributed by atoms with van der Waals surface area (Å²) < 4.78 is 5.93. The van der Waals surface area contributed by atoms with Crippen molar-refractivity contribution in [1.29, 1.82) is 0 Å². The number of aliphatic hydroxyl groups excluding tert-OH is 4. The van der Waals surface area contributed by atoms with Gasteiger partial charge in [-0.05, 0) is 11.6 Å². The number of aliphatic hydroxyl groups is 4. The van der Waals surface area contributed by atoms with Crippen LogP contribution in [0.1, 0.15) is 0 Å². The van der Waals surface area contributed by atoms with E-state index in [1.54, 1.807) is 6.07 Å². The molecule has 1 aliphatic heterocycles. The number of thioether (sulfide) groups is 1. The predicted octanol–water partition coefficient (Wildman–Crippen LogP) is 1.25. The van der Waals surface area contributed by atoms with Crippen LogP contribution in [0.5, 0.6) is 5.75 Å². The van der Waals surface area contributed by atoms with Crippen LogP contribution < -0.4 is 4.74 Å². The molecular formula is C18H20O5S. The van der Waals surface area contributed by atoms with Crippen molar-refractivity contribution in [3.63, 3.8) is 0 Å². The molecule has 128 valence electrons. The van der Waals surface area contributed by atoms with Gasteiger partial charge in [0.25, 0.3) is 0 Å². The van der Waals surface area contributed by atoms with Gasteiger partial charge in [0.15, 0.2) is 5.44 Å². The Hall–Kier alpha value is -1.57. The third-order valence-corrected chi connectivity index (χ3v) is 5.48. The van der Waals surface area contributed by atoms with Gasteiger partial charge in [-0.1, -0.05) is 48.5 Å². The Labute approximate surface area is 144 Å². The van der Waals surface area contributed by atoms with Gasteiger partial charge in [0.2, 0.25) is 0 Å². The maximum absolute atomic E-state index is 10.2. The van der Waals surface area contributed by atoms with Crippen LogP contribution in [0.3, 0.4) is 0 Å². The summed E-state index contributed by atoms with van der Waals surface area (Å²) in [5, 5.41) is 38.8. The fourth-order valence-electron chi connectivity index (χ4n) is 2.72. The van der Waals surface area contributed by atoms with E-state index in [0.29, 0.717) is 5.75 Å². The molecular weight excluding hydrogens is 328 g/mol. The Morgan fingerprint density at radius 3 is 2.21 bits per heavy atom. The average molecular weight is 348 g/mol. The monoisotopic (exact) mass is 348 g/mol. The Balaban J connectivity index is 1.86. The van der Waals surface area contributed by atoms with Gasteiger partial charge in [-0.2, -0.15) is 0 Å². The van der Waals surface area contributed by atoms with E-state index < -0.39 is 29.0 Å². The zero-order valence-electron chi connectivity index (χ0n) is 12.9. The van der Waals surface area contributed by atoms with Gasteiger partial charge in [-0.25, -0.2) is 0 Å². The zero-order valence-corrected chi connectivity index (χ0v) is 13.7. The Kier molecular flexibility index (Phi) is 5.43. The Bertz CT molecular complexity index is 663. The molecule has 1 fully saturated rings. The molecule has 0 aliphatic carbocycles. The third kappa shape index (κ3) is 3.43. The molecule has 5 atom stereocenters. The summed E-state index contributed by atoms with van der Waals surface area (Å²) >= 11 is 1.12. The zero-order chi connectivity index (χ0) is 17.1. The van der Waals surface area contributed by atoms with Crippen molar-refractivity contribution in [2.24, 2.45) is 0 Å². The summed E-state index contributed by atoms with van der Waals surface area (Å²) in [6.45, 7) is -0.310. The van der Waals surface area contributed by atoms with Crippen LogP contribution in [-0.2, 0) is 0 Å². The molecule has 6 heteroatoms. The Morgan fingerprint density at radius 2 is 1.50 bits per heavy atom. The average Bonchev–Trinajstić information content (AvgIpc) is 2.63. The number of hydrogen-bond acceptors (Lipinski definition) is 6. The Morgan fingerprint density at radius 1 is 0.833 bits per heavy atom. The van der Waals surface area contributed by atoms with Gasteiger partial charge in [0.1, 0.15) is 18.0 Å². The standard InChI is InChI=1S/C18H20O5S/c19-10-14-15(20)16(21)17(22)18(24-14)23-13-9-5-4-8-12(13)11-6-2-1-3-7-11/h1-9,14-22H,10H2/t14-,15-,16+,17-,18-/m1/s1. The maximum atomic E-state index is 10.2. The van der Waals surface area contributed by atoms with Crippen molar-refractivity contribution in [3.05, 3.63) is 54.6 Å². The lowest BCUT2D eigenvalue weighted by atomic mass is 10.0. The van der Waals surface area contributed by atoms with E-state index in [1.807, 2.05) is 48.5 Å². The fraction of sp³-hybridized carbons (Fsp3) is 0.333. The van der Waals surface area contributed by atoms with Crippen LogP contribution in [0.25, 0.3) is 11.1 Å². The van der Waals surface area contributed by atoms with Gasteiger partial charge in [-0.3, -0.25) is 0 Å². The van der Waals surface area contributed by atoms with Crippen molar-refractivity contribution < 1.29 is 25.2 Å². The first-order chi connectivity index (χ1) is 11.6. The van der Waals surface area contributed by atoms with Gasteiger partial charge in [0.05, 0.1) is 18.0 Å². The van der Waals surface area contributed by atoms with Crippen LogP contribution in [0, 0.1) is 0 Å². The smallest absolute Gasteiger partial charge is 0.173 e. The van der Waals surface area contributed by atoms with E-state index in [-0.39, 0.29) is 6.61 Å². The second-order valence-corrected chi connectivity index (χ2v) is 7.02. The van der Waals surface area contributed by atoms with Crippen molar-refractivity contribution in [2.75, 3.05) is 6.61 Å². The molecule has 2 aromatic rings. The lowest BCUT2D eigenvalue weighted by Crippen LogP contribution is -2.55. The highest BCUT2D eigenvalue weighted by Crippen LogP contribution is 2.37. The summed E-state index contributed by atoms with van der Waals surface area (Å²) in [5.41, 5.74) is 1.06. The molecule has 4 N–H and O–H groups in total. The number of hydrogen-bond donors (Lipinski definition) is 4. The molecule has 1 heterocycles. The molecule has 0 radical (unpaired) electrons. The topological polar surface area (TPSA) is 90.2 Å². The molecule has 3 rings (SSSR count). The molecule has 2 aromatic carbocycles. The molecule has 0 spiro atoms. The van der Waals surface area contributed by atoms with E-state index >= 15 is 0 Å². The van der Waals surface area contributed by atoms with Crippen molar-refractivity contribution in [1.82, 2.24) is 0 Å². The SMILES string of the molecule is OC[C@H]1S[C@@H](Oc2ccccc2-c2ccccc2)[C@H](O)[C@@H](O)[C@@H]1O. The molecule has 5 nitrogen and oxygen atoms in total. The number of benzene rings is 2. The molecule has 0 aromatic heterocycles. The van der Waals surface area contributed by atoms with E-state index in [4.69, 9.17) is 4.74 Å². The molecule has 24 heavy (non-hydrogen) atoms. The van der Waals surface area contributed by atoms with Crippen molar-refractivity contribution >= 4 is 11.8 Å². The molecule has 0 bridgehead atoms. The largest absolute Gasteiger partial charge is 0.476 e. The maximum Gasteiger partial charge on any atom is 0.173 e. The summed E-state index contributed by atoms with van der Waals surface area (Å²) in [6, 6.07) is 17.1. The lowest BCUT2D eigenvalue weighted by Gasteiger charge is -2.39. The minimum absolute atomic E-state index is 0.310. The highest BCUT2D eigenvalue weighted by Gasteiger charge is 2.44. The third-order valence-electron chi connectivity index (χ3n) is 4.06. The minimum atomic E-state index is -1.36. The summed E-state index contributed by atoms with van der Waals surface area (Å²) in [4.78, 5) is 0. The molecule has 0 unspecified atom stereocenters. The van der Waals surface area contributed by atoms with Crippen LogP contribution >= 0.6 is 11.8 Å². The fourth-order valence-corrected chi connectivity index (χ4v) is 3.95. The van der Waals surface area contributed by atoms with Gasteiger partial charge in [-0.15, -0.1) is 11.8 Å². The van der Waals surface area contributed by atoms with E-state index in [1.165, 1.54) is 0 Å². The van der Waals surface area contributed by atoms with Crippen LogP contribution in [0.2, 0.25) is 0 Å². The van der Waals surface area contributed by atoms with Crippen molar-refractivity contribution in [2.45, 2.75) is 29.0 Å². The predicted molar refractivity (Wildman–Crippen MR) is 92.8 cm³/mol.